The van der Waals surface area contributed by atoms with Gasteiger partial charge in [-0.3, -0.25) is 9.59 Å². The molecule has 8 heteroatoms. The second-order valence-electron chi connectivity index (χ2n) is 8.60. The molecule has 0 bridgehead atoms. The molecule has 0 aromatic heterocycles. The molecule has 0 spiro atoms. The topological polar surface area (TPSA) is 73.0 Å². The molecule has 1 aromatic carbocycles. The van der Waals surface area contributed by atoms with Gasteiger partial charge in [0.25, 0.3) is 0 Å². The molecule has 0 saturated carbocycles. The number of benzene rings is 1. The lowest BCUT2D eigenvalue weighted by Gasteiger charge is -2.37. The third-order valence-corrected chi connectivity index (χ3v) is 7.14. The Hall–Kier alpha value is -2.28. The summed E-state index contributed by atoms with van der Waals surface area (Å²) in [5.74, 6) is 0.179. The van der Waals surface area contributed by atoms with Crippen molar-refractivity contribution in [1.29, 1.82) is 0 Å². The van der Waals surface area contributed by atoms with E-state index in [9.17, 15) is 14.4 Å². The minimum absolute atomic E-state index is 0.00734. The first-order valence-electron chi connectivity index (χ1n) is 10.8. The van der Waals surface area contributed by atoms with Gasteiger partial charge in [-0.15, -0.1) is 0 Å². The first-order chi connectivity index (χ1) is 14.4. The summed E-state index contributed by atoms with van der Waals surface area (Å²) in [4.78, 5) is 44.3. The van der Waals surface area contributed by atoms with Crippen molar-refractivity contribution >= 4 is 35.1 Å². The Morgan fingerprint density at radius 1 is 1.03 bits per heavy atom. The number of rotatable bonds is 2. The number of amides is 4. The Morgan fingerprint density at radius 3 is 2.47 bits per heavy atom. The first-order valence-corrected chi connectivity index (χ1v) is 11.2. The van der Waals surface area contributed by atoms with Crippen LogP contribution in [0.3, 0.4) is 0 Å². The molecule has 1 N–H and O–H groups in total. The summed E-state index contributed by atoms with van der Waals surface area (Å²) in [6.45, 7) is 4.79. The van der Waals surface area contributed by atoms with Crippen molar-refractivity contribution in [1.82, 2.24) is 14.7 Å². The number of carbonyl (C=O) groups is 3. The second-order valence-corrected chi connectivity index (χ2v) is 9.04. The van der Waals surface area contributed by atoms with Gasteiger partial charge in [0.05, 0.1) is 5.41 Å². The summed E-state index contributed by atoms with van der Waals surface area (Å²) >= 11 is 6.02. The van der Waals surface area contributed by atoms with Gasteiger partial charge in [-0.2, -0.15) is 0 Å². The van der Waals surface area contributed by atoms with Crippen molar-refractivity contribution in [3.05, 3.63) is 29.3 Å². The van der Waals surface area contributed by atoms with Gasteiger partial charge in [0.2, 0.25) is 11.8 Å². The number of halogens is 1. The highest BCUT2D eigenvalue weighted by atomic mass is 35.5. The molecular weight excluding hydrogens is 404 g/mol. The molecule has 4 amide bonds. The number of carbonyl (C=O) groups excluding carboxylic acids is 3. The summed E-state index contributed by atoms with van der Waals surface area (Å²) in [6, 6.07) is 6.71. The van der Waals surface area contributed by atoms with E-state index in [-0.39, 0.29) is 23.9 Å². The predicted octanol–water partition coefficient (Wildman–Crippen LogP) is 3.20. The number of hydrogen-bond donors (Lipinski definition) is 1. The third-order valence-electron chi connectivity index (χ3n) is 6.90. The predicted molar refractivity (Wildman–Crippen MR) is 115 cm³/mol. The number of likely N-dealkylation sites (tertiary alicyclic amines) is 3. The van der Waals surface area contributed by atoms with Crippen LogP contribution in [-0.2, 0) is 9.59 Å². The number of nitrogens with zero attached hydrogens (tertiary/aromatic N) is 3. The number of fused-ring (bicyclic) bond motifs is 1. The molecule has 3 saturated heterocycles. The molecule has 7 nitrogen and oxygen atoms in total. The van der Waals surface area contributed by atoms with Gasteiger partial charge >= 0.3 is 6.03 Å². The van der Waals surface area contributed by atoms with Gasteiger partial charge < -0.3 is 20.0 Å². The van der Waals surface area contributed by atoms with Gasteiger partial charge in [-0.1, -0.05) is 17.7 Å². The smallest absolute Gasteiger partial charge is 0.321 e. The largest absolute Gasteiger partial charge is 0.342 e. The van der Waals surface area contributed by atoms with Crippen LogP contribution in [0.4, 0.5) is 10.5 Å². The fraction of sp³-hybridized carbons (Fsp3) is 0.591. The first kappa shape index (κ1) is 21.0. The number of anilines is 1. The van der Waals surface area contributed by atoms with Crippen molar-refractivity contribution in [2.75, 3.05) is 38.0 Å². The van der Waals surface area contributed by atoms with Gasteiger partial charge in [0.1, 0.15) is 0 Å². The molecule has 0 radical (unpaired) electrons. The Morgan fingerprint density at radius 2 is 1.77 bits per heavy atom. The summed E-state index contributed by atoms with van der Waals surface area (Å²) in [7, 11) is 0. The van der Waals surface area contributed by atoms with E-state index in [0.717, 1.165) is 25.9 Å². The number of urea groups is 1. The molecule has 0 unspecified atom stereocenters. The summed E-state index contributed by atoms with van der Waals surface area (Å²) in [5.41, 5.74) is 0.0614. The lowest BCUT2D eigenvalue weighted by molar-refractivity contribution is -0.144. The Kier molecular flexibility index (Phi) is 5.91. The number of hydrogen-bond acceptors (Lipinski definition) is 3. The summed E-state index contributed by atoms with van der Waals surface area (Å²) in [5, 5.41) is 3.46. The van der Waals surface area contributed by atoms with Crippen LogP contribution in [0.5, 0.6) is 0 Å². The van der Waals surface area contributed by atoms with Crippen molar-refractivity contribution in [2.45, 2.75) is 45.1 Å². The van der Waals surface area contributed by atoms with E-state index in [4.69, 9.17) is 11.6 Å². The van der Waals surface area contributed by atoms with Crippen LogP contribution in [-0.4, -0.2) is 71.3 Å². The van der Waals surface area contributed by atoms with Crippen molar-refractivity contribution in [3.8, 4) is 0 Å². The maximum atomic E-state index is 13.6. The minimum Gasteiger partial charge on any atom is -0.342 e. The molecule has 1 aromatic rings. The normalized spacial score (nSPS) is 26.3. The van der Waals surface area contributed by atoms with E-state index in [2.05, 4.69) is 5.32 Å². The zero-order chi connectivity index (χ0) is 21.3. The maximum absolute atomic E-state index is 13.6. The average molecular weight is 433 g/mol. The Labute approximate surface area is 182 Å². The van der Waals surface area contributed by atoms with Crippen LogP contribution in [0.2, 0.25) is 5.02 Å². The summed E-state index contributed by atoms with van der Waals surface area (Å²) in [6.07, 6.45) is 3.95. The van der Waals surface area contributed by atoms with E-state index in [1.165, 1.54) is 0 Å². The Balaban J connectivity index is 1.53. The van der Waals surface area contributed by atoms with Gasteiger partial charge in [0, 0.05) is 56.4 Å². The molecule has 2 atom stereocenters. The second kappa shape index (κ2) is 8.46. The van der Waals surface area contributed by atoms with Crippen molar-refractivity contribution < 1.29 is 14.4 Å². The van der Waals surface area contributed by atoms with Crippen LogP contribution >= 0.6 is 11.6 Å². The van der Waals surface area contributed by atoms with E-state index in [1.54, 1.807) is 36.1 Å². The van der Waals surface area contributed by atoms with Crippen LogP contribution in [0.1, 0.15) is 39.0 Å². The quantitative estimate of drug-likeness (QED) is 0.779. The Bertz CT molecular complexity index is 841. The molecule has 0 aliphatic carbocycles. The zero-order valence-electron chi connectivity index (χ0n) is 17.4. The van der Waals surface area contributed by atoms with Crippen molar-refractivity contribution in [3.63, 3.8) is 0 Å². The lowest BCUT2D eigenvalue weighted by atomic mass is 9.75. The standard InChI is InChI=1S/C22H29ClN4O3/c1-16(28)27-14-9-22(20(29)25-10-2-3-11-25)8-13-26(12-7-19(22)27)21(30)24-18-6-4-5-17(23)15-18/h4-6,15,19H,2-3,7-14H2,1H3,(H,24,30)/t19-,22+/m0/s1. The highest BCUT2D eigenvalue weighted by Gasteiger charge is 2.55. The maximum Gasteiger partial charge on any atom is 0.321 e. The molecule has 3 aliphatic rings. The van der Waals surface area contributed by atoms with E-state index < -0.39 is 5.41 Å². The fourth-order valence-electron chi connectivity index (χ4n) is 5.33. The fourth-order valence-corrected chi connectivity index (χ4v) is 5.52. The molecule has 30 heavy (non-hydrogen) atoms. The molecule has 3 aliphatic heterocycles. The zero-order valence-corrected chi connectivity index (χ0v) is 18.2. The minimum atomic E-state index is -0.582. The van der Waals surface area contributed by atoms with Gasteiger partial charge in [-0.05, 0) is 50.3 Å². The highest BCUT2D eigenvalue weighted by Crippen LogP contribution is 2.45. The highest BCUT2D eigenvalue weighted by molar-refractivity contribution is 6.30. The van der Waals surface area contributed by atoms with Crippen LogP contribution in [0.25, 0.3) is 0 Å². The SMILES string of the molecule is CC(=O)N1CC[C@]2(C(=O)N3CCCC3)CCN(C(=O)Nc3cccc(Cl)c3)CC[C@H]12. The van der Waals surface area contributed by atoms with Crippen LogP contribution in [0.15, 0.2) is 24.3 Å². The monoisotopic (exact) mass is 432 g/mol. The molecule has 162 valence electrons. The number of nitrogens with one attached hydrogen (secondary N) is 1. The lowest BCUT2D eigenvalue weighted by Crippen LogP contribution is -2.51. The van der Waals surface area contributed by atoms with Crippen molar-refractivity contribution in [2.24, 2.45) is 5.41 Å². The summed E-state index contributed by atoms with van der Waals surface area (Å²) < 4.78 is 0. The molecule has 3 heterocycles. The van der Waals surface area contributed by atoms with Crippen LogP contribution in [0, 0.1) is 5.41 Å². The van der Waals surface area contributed by atoms with E-state index in [1.807, 2.05) is 9.80 Å². The van der Waals surface area contributed by atoms with Gasteiger partial charge in [-0.25, -0.2) is 4.79 Å². The third kappa shape index (κ3) is 3.87. The van der Waals surface area contributed by atoms with Crippen LogP contribution < -0.4 is 5.32 Å². The molecular formula is C22H29ClN4O3. The van der Waals surface area contributed by atoms with Gasteiger partial charge in [0.15, 0.2) is 0 Å². The molecule has 3 fully saturated rings. The van der Waals surface area contributed by atoms with E-state index in [0.29, 0.717) is 49.6 Å². The van der Waals surface area contributed by atoms with E-state index >= 15 is 0 Å². The average Bonchev–Trinajstić information content (AvgIpc) is 3.33. The molecule has 4 rings (SSSR count).